The van der Waals surface area contributed by atoms with Gasteiger partial charge in [0.1, 0.15) is 5.82 Å². The molecule has 5 heteroatoms. The smallest absolute Gasteiger partial charge is 0.262 e. The number of hydrogen-bond acceptors (Lipinski definition) is 2. The molecule has 0 saturated heterocycles. The monoisotopic (exact) mass is 291 g/mol. The maximum atomic E-state index is 13.3. The van der Waals surface area contributed by atoms with E-state index in [0.29, 0.717) is 11.8 Å². The van der Waals surface area contributed by atoms with Gasteiger partial charge in [-0.25, -0.2) is 8.78 Å². The molecule has 21 heavy (non-hydrogen) atoms. The lowest BCUT2D eigenvalue weighted by Crippen LogP contribution is -2.21. The van der Waals surface area contributed by atoms with Crippen LogP contribution in [0.2, 0.25) is 0 Å². The highest BCUT2D eigenvalue weighted by molar-refractivity contribution is 5.92. The molecule has 0 atom stereocenters. The highest BCUT2D eigenvalue weighted by Gasteiger charge is 2.09. The fourth-order valence-electron chi connectivity index (χ4n) is 1.79. The van der Waals surface area contributed by atoms with Crippen LogP contribution in [0.5, 0.6) is 5.75 Å². The molecule has 1 amide bonds. The lowest BCUT2D eigenvalue weighted by atomic mass is 10.1. The topological polar surface area (TPSA) is 38.3 Å². The third-order valence-electron chi connectivity index (χ3n) is 2.92. The molecule has 0 aliphatic carbocycles. The molecular formula is C16H15F2NO2. The van der Waals surface area contributed by atoms with E-state index in [1.807, 2.05) is 32.0 Å². The Hall–Kier alpha value is -2.43. The van der Waals surface area contributed by atoms with Crippen molar-refractivity contribution in [3.63, 3.8) is 0 Å². The van der Waals surface area contributed by atoms with E-state index in [1.165, 1.54) is 0 Å². The summed E-state index contributed by atoms with van der Waals surface area (Å²) < 4.78 is 31.1. The molecule has 0 unspecified atom stereocenters. The van der Waals surface area contributed by atoms with Crippen LogP contribution >= 0.6 is 0 Å². The molecule has 0 heterocycles. The predicted octanol–water partition coefficient (Wildman–Crippen LogP) is 3.60. The van der Waals surface area contributed by atoms with Gasteiger partial charge in [-0.05, 0) is 43.2 Å². The van der Waals surface area contributed by atoms with Crippen molar-refractivity contribution in [3.8, 4) is 5.75 Å². The van der Waals surface area contributed by atoms with Gasteiger partial charge in [0.05, 0.1) is 0 Å². The molecule has 110 valence electrons. The van der Waals surface area contributed by atoms with Gasteiger partial charge in [-0.15, -0.1) is 0 Å². The number of benzene rings is 2. The summed E-state index contributed by atoms with van der Waals surface area (Å²) in [6.07, 6.45) is 0. The lowest BCUT2D eigenvalue weighted by molar-refractivity contribution is -0.118. The number of aryl methyl sites for hydroxylation is 2. The van der Waals surface area contributed by atoms with Crippen molar-refractivity contribution >= 4 is 11.6 Å². The van der Waals surface area contributed by atoms with Gasteiger partial charge in [0.2, 0.25) is 0 Å². The minimum Gasteiger partial charge on any atom is -0.481 e. The molecule has 2 aromatic rings. The second-order valence-corrected chi connectivity index (χ2v) is 4.73. The highest BCUT2D eigenvalue weighted by Crippen LogP contribution is 2.18. The van der Waals surface area contributed by atoms with E-state index in [0.717, 1.165) is 23.3 Å². The van der Waals surface area contributed by atoms with E-state index < -0.39 is 17.5 Å². The maximum absolute atomic E-state index is 13.3. The number of nitrogens with one attached hydrogen (secondary N) is 1. The third kappa shape index (κ3) is 4.02. The molecule has 0 aliphatic rings. The Morgan fingerprint density at radius 3 is 2.62 bits per heavy atom. The quantitative estimate of drug-likeness (QED) is 0.934. The van der Waals surface area contributed by atoms with E-state index in [1.54, 1.807) is 0 Å². The van der Waals surface area contributed by atoms with Crippen LogP contribution in [0.4, 0.5) is 14.5 Å². The number of carbonyl (C=O) groups is 1. The number of anilines is 1. The fraction of sp³-hybridized carbons (Fsp3) is 0.188. The largest absolute Gasteiger partial charge is 0.481 e. The summed E-state index contributed by atoms with van der Waals surface area (Å²) in [6.45, 7) is 3.44. The summed E-state index contributed by atoms with van der Waals surface area (Å²) in [4.78, 5) is 11.8. The number of carbonyl (C=O) groups excluding carboxylic acids is 1. The Morgan fingerprint density at radius 2 is 1.90 bits per heavy atom. The van der Waals surface area contributed by atoms with Crippen LogP contribution in [-0.2, 0) is 4.79 Å². The van der Waals surface area contributed by atoms with Crippen LogP contribution in [0.3, 0.4) is 0 Å². The summed E-state index contributed by atoms with van der Waals surface area (Å²) in [5.41, 5.74) is 2.62. The number of rotatable bonds is 4. The standard InChI is InChI=1S/C16H15F2NO2/c1-10-3-4-11(2)14(7-10)19-16(20)9-21-15-6-5-12(17)8-13(15)18/h3-8H,9H2,1-2H3,(H,19,20). The van der Waals surface area contributed by atoms with Gasteiger partial charge in [-0.2, -0.15) is 0 Å². The summed E-state index contributed by atoms with van der Waals surface area (Å²) in [7, 11) is 0. The second kappa shape index (κ2) is 6.35. The zero-order chi connectivity index (χ0) is 15.4. The highest BCUT2D eigenvalue weighted by atomic mass is 19.1. The Labute approximate surface area is 121 Å². The lowest BCUT2D eigenvalue weighted by Gasteiger charge is -2.10. The molecule has 3 nitrogen and oxygen atoms in total. The van der Waals surface area contributed by atoms with Crippen LogP contribution in [-0.4, -0.2) is 12.5 Å². The molecule has 0 radical (unpaired) electrons. The van der Waals surface area contributed by atoms with Crippen LogP contribution in [0.1, 0.15) is 11.1 Å². The third-order valence-corrected chi connectivity index (χ3v) is 2.92. The molecule has 0 saturated carbocycles. The van der Waals surface area contributed by atoms with Crippen molar-refractivity contribution in [2.75, 3.05) is 11.9 Å². The molecule has 0 bridgehead atoms. The van der Waals surface area contributed by atoms with E-state index >= 15 is 0 Å². The second-order valence-electron chi connectivity index (χ2n) is 4.73. The molecule has 0 aromatic heterocycles. The van der Waals surface area contributed by atoms with Crippen LogP contribution in [0, 0.1) is 25.5 Å². The first kappa shape index (κ1) is 15.0. The number of amides is 1. The Balaban J connectivity index is 1.97. The molecule has 0 aliphatic heterocycles. The molecule has 1 N–H and O–H groups in total. The average Bonchev–Trinajstić information content (AvgIpc) is 2.42. The number of halogens is 2. The fourth-order valence-corrected chi connectivity index (χ4v) is 1.79. The zero-order valence-corrected chi connectivity index (χ0v) is 11.7. The molecular weight excluding hydrogens is 276 g/mol. The minimum absolute atomic E-state index is 0.160. The van der Waals surface area contributed by atoms with E-state index in [9.17, 15) is 13.6 Å². The van der Waals surface area contributed by atoms with Crippen molar-refractivity contribution in [2.24, 2.45) is 0 Å². The van der Waals surface area contributed by atoms with Crippen LogP contribution in [0.15, 0.2) is 36.4 Å². The van der Waals surface area contributed by atoms with Gasteiger partial charge >= 0.3 is 0 Å². The molecule has 0 spiro atoms. The number of ether oxygens (including phenoxy) is 1. The summed E-state index contributed by atoms with van der Waals surface area (Å²) in [6, 6.07) is 8.60. The summed E-state index contributed by atoms with van der Waals surface area (Å²) in [5.74, 6) is -2.10. The van der Waals surface area contributed by atoms with Gasteiger partial charge in [-0.3, -0.25) is 4.79 Å². The normalized spacial score (nSPS) is 10.3. The first-order chi connectivity index (χ1) is 9.95. The van der Waals surface area contributed by atoms with Gasteiger partial charge in [-0.1, -0.05) is 12.1 Å². The Kier molecular flexibility index (Phi) is 4.52. The van der Waals surface area contributed by atoms with E-state index in [4.69, 9.17) is 4.74 Å². The van der Waals surface area contributed by atoms with Crippen molar-refractivity contribution in [1.82, 2.24) is 0 Å². The Bertz CT molecular complexity index is 671. The SMILES string of the molecule is Cc1ccc(C)c(NC(=O)COc2ccc(F)cc2F)c1. The summed E-state index contributed by atoms with van der Waals surface area (Å²) in [5, 5.41) is 2.69. The molecule has 2 rings (SSSR count). The predicted molar refractivity (Wildman–Crippen MR) is 76.4 cm³/mol. The maximum Gasteiger partial charge on any atom is 0.262 e. The van der Waals surface area contributed by atoms with Crippen LogP contribution < -0.4 is 10.1 Å². The minimum atomic E-state index is -0.838. The molecule has 0 fully saturated rings. The van der Waals surface area contributed by atoms with Gasteiger partial charge < -0.3 is 10.1 Å². The van der Waals surface area contributed by atoms with E-state index in [2.05, 4.69) is 5.32 Å². The van der Waals surface area contributed by atoms with Crippen molar-refractivity contribution < 1.29 is 18.3 Å². The van der Waals surface area contributed by atoms with Crippen LogP contribution in [0.25, 0.3) is 0 Å². The first-order valence-corrected chi connectivity index (χ1v) is 6.40. The zero-order valence-electron chi connectivity index (χ0n) is 11.7. The van der Waals surface area contributed by atoms with Crippen molar-refractivity contribution in [2.45, 2.75) is 13.8 Å². The summed E-state index contributed by atoms with van der Waals surface area (Å²) >= 11 is 0. The van der Waals surface area contributed by atoms with Gasteiger partial charge in [0, 0.05) is 11.8 Å². The van der Waals surface area contributed by atoms with Crippen molar-refractivity contribution in [3.05, 3.63) is 59.2 Å². The van der Waals surface area contributed by atoms with Gasteiger partial charge in [0.25, 0.3) is 5.91 Å². The number of hydrogen-bond donors (Lipinski definition) is 1. The van der Waals surface area contributed by atoms with Crippen molar-refractivity contribution in [1.29, 1.82) is 0 Å². The van der Waals surface area contributed by atoms with E-state index in [-0.39, 0.29) is 12.4 Å². The molecule has 2 aromatic carbocycles. The Morgan fingerprint density at radius 1 is 1.14 bits per heavy atom. The first-order valence-electron chi connectivity index (χ1n) is 6.40. The van der Waals surface area contributed by atoms with Gasteiger partial charge in [0.15, 0.2) is 18.2 Å². The average molecular weight is 291 g/mol.